The number of hydrogen-bond donors (Lipinski definition) is 8. The standard InChI is InChI=1S/C39H73N5O13/c1-2-40-33(39(52)53)15-13-14-20-41-36(48)30-56-27-26-55-24-22-43-37(49)31-57-28-25-54-23-21-42-34(46)19-18-32(29-45)44-35(47)16-11-9-7-5-3-4-6-8-10-12-17-38(50)51/h32-33,40,45H,2-31H2,1H3,(H,41,48)(H,42,46)(H,43,49)(H,44,47)(H,50,51)(H,52,53)/t32-,33-/m0/s1. The first-order valence-corrected chi connectivity index (χ1v) is 20.8. The number of likely N-dealkylation sites (N-methyl/N-ethyl adjacent to an activating group) is 1. The first-order chi connectivity index (χ1) is 27.6. The van der Waals surface area contributed by atoms with Crippen LogP contribution in [0.3, 0.4) is 0 Å². The lowest BCUT2D eigenvalue weighted by Crippen LogP contribution is -2.38. The van der Waals surface area contributed by atoms with Crippen molar-refractivity contribution >= 4 is 35.6 Å². The minimum atomic E-state index is -0.876. The monoisotopic (exact) mass is 820 g/mol. The van der Waals surface area contributed by atoms with Crippen molar-refractivity contribution in [3.05, 3.63) is 0 Å². The van der Waals surface area contributed by atoms with Gasteiger partial charge < -0.3 is 60.9 Å². The number of ether oxygens (including phenoxy) is 4. The van der Waals surface area contributed by atoms with Crippen LogP contribution >= 0.6 is 0 Å². The van der Waals surface area contributed by atoms with E-state index in [-0.39, 0.29) is 109 Å². The highest BCUT2D eigenvalue weighted by molar-refractivity contribution is 5.78. The Morgan fingerprint density at radius 2 is 1.00 bits per heavy atom. The Labute approximate surface area is 338 Å². The van der Waals surface area contributed by atoms with E-state index in [9.17, 15) is 33.9 Å². The van der Waals surface area contributed by atoms with Crippen LogP contribution < -0.4 is 26.6 Å². The molecule has 8 N–H and O–H groups in total. The summed E-state index contributed by atoms with van der Waals surface area (Å²) in [5.41, 5.74) is 0. The molecule has 0 aliphatic rings. The van der Waals surface area contributed by atoms with Crippen LogP contribution in [-0.2, 0) is 47.7 Å². The molecule has 0 aromatic heterocycles. The SMILES string of the molecule is CCN[C@@H](CCCCNC(=O)COCCOCCNC(=O)COCCOCCNC(=O)CC[C@@H](CO)NC(=O)CCCCCCCCCCCCC(=O)O)C(=O)O. The van der Waals surface area contributed by atoms with E-state index < -0.39 is 24.0 Å². The lowest BCUT2D eigenvalue weighted by molar-refractivity contribution is -0.140. The molecule has 4 amide bonds. The molecule has 332 valence electrons. The summed E-state index contributed by atoms with van der Waals surface area (Å²) in [7, 11) is 0. The number of rotatable bonds is 42. The number of unbranched alkanes of at least 4 members (excludes halogenated alkanes) is 10. The fourth-order valence-corrected chi connectivity index (χ4v) is 5.54. The van der Waals surface area contributed by atoms with Crippen molar-refractivity contribution in [2.45, 2.75) is 128 Å². The highest BCUT2D eigenvalue weighted by Gasteiger charge is 2.15. The summed E-state index contributed by atoms with van der Waals surface area (Å²) >= 11 is 0. The summed E-state index contributed by atoms with van der Waals surface area (Å²) < 4.78 is 21.3. The van der Waals surface area contributed by atoms with Crippen LogP contribution in [-0.4, -0.2) is 149 Å². The molecule has 0 bridgehead atoms. The van der Waals surface area contributed by atoms with Gasteiger partial charge in [-0.3, -0.25) is 28.8 Å². The molecule has 0 fully saturated rings. The van der Waals surface area contributed by atoms with E-state index in [0.717, 1.165) is 64.2 Å². The molecule has 0 aromatic rings. The number of carboxylic acids is 2. The van der Waals surface area contributed by atoms with Gasteiger partial charge in [0, 0.05) is 38.9 Å². The van der Waals surface area contributed by atoms with Crippen molar-refractivity contribution in [1.82, 2.24) is 26.6 Å². The first-order valence-electron chi connectivity index (χ1n) is 20.8. The van der Waals surface area contributed by atoms with Gasteiger partial charge >= 0.3 is 11.9 Å². The van der Waals surface area contributed by atoms with Gasteiger partial charge in [0.05, 0.1) is 52.3 Å². The van der Waals surface area contributed by atoms with Gasteiger partial charge in [0.1, 0.15) is 19.3 Å². The van der Waals surface area contributed by atoms with Crippen LogP contribution in [0.1, 0.15) is 116 Å². The second-order valence-corrected chi connectivity index (χ2v) is 13.7. The normalized spacial score (nSPS) is 12.1. The summed E-state index contributed by atoms with van der Waals surface area (Å²) in [6.45, 7) is 4.38. The van der Waals surface area contributed by atoms with Gasteiger partial charge in [-0.15, -0.1) is 0 Å². The second-order valence-electron chi connectivity index (χ2n) is 13.7. The van der Waals surface area contributed by atoms with E-state index in [0.29, 0.717) is 45.2 Å². The Morgan fingerprint density at radius 3 is 1.51 bits per heavy atom. The predicted molar refractivity (Wildman–Crippen MR) is 213 cm³/mol. The molecule has 0 aromatic carbocycles. The zero-order valence-electron chi connectivity index (χ0n) is 34.3. The minimum absolute atomic E-state index is 0.106. The quantitative estimate of drug-likeness (QED) is 0.0408. The summed E-state index contributed by atoms with van der Waals surface area (Å²) in [4.78, 5) is 69.7. The van der Waals surface area contributed by atoms with Crippen LogP contribution in [0.5, 0.6) is 0 Å². The second kappa shape index (κ2) is 39.4. The Kier molecular flexibility index (Phi) is 37.0. The Morgan fingerprint density at radius 1 is 0.509 bits per heavy atom. The summed E-state index contributed by atoms with van der Waals surface area (Å²) in [6, 6.07) is -1.06. The van der Waals surface area contributed by atoms with Gasteiger partial charge in [-0.1, -0.05) is 58.3 Å². The van der Waals surface area contributed by atoms with E-state index >= 15 is 0 Å². The molecule has 0 aliphatic carbocycles. The van der Waals surface area contributed by atoms with Crippen molar-refractivity contribution < 1.29 is 63.0 Å². The summed E-state index contributed by atoms with van der Waals surface area (Å²) in [6.07, 6.45) is 13.1. The van der Waals surface area contributed by atoms with Crippen LogP contribution in [0.25, 0.3) is 0 Å². The average Bonchev–Trinajstić information content (AvgIpc) is 3.18. The molecule has 0 saturated carbocycles. The number of hydrogen-bond acceptors (Lipinski definition) is 12. The van der Waals surface area contributed by atoms with Crippen molar-refractivity contribution in [3.63, 3.8) is 0 Å². The molecule has 57 heavy (non-hydrogen) atoms. The first kappa shape index (κ1) is 53.6. The molecule has 0 radical (unpaired) electrons. The van der Waals surface area contributed by atoms with Crippen LogP contribution in [0.4, 0.5) is 0 Å². The zero-order valence-corrected chi connectivity index (χ0v) is 34.3. The lowest BCUT2D eigenvalue weighted by Gasteiger charge is -2.16. The maximum absolute atomic E-state index is 12.3. The number of aliphatic hydroxyl groups is 1. The van der Waals surface area contributed by atoms with E-state index in [4.69, 9.17) is 29.2 Å². The van der Waals surface area contributed by atoms with Crippen LogP contribution in [0.2, 0.25) is 0 Å². The highest BCUT2D eigenvalue weighted by atomic mass is 16.5. The van der Waals surface area contributed by atoms with Crippen molar-refractivity contribution in [3.8, 4) is 0 Å². The number of carbonyl (C=O) groups is 6. The van der Waals surface area contributed by atoms with Gasteiger partial charge in [-0.25, -0.2) is 0 Å². The van der Waals surface area contributed by atoms with E-state index in [1.165, 1.54) is 0 Å². The number of carbonyl (C=O) groups excluding carboxylic acids is 4. The van der Waals surface area contributed by atoms with Gasteiger partial charge in [0.25, 0.3) is 0 Å². The van der Waals surface area contributed by atoms with Gasteiger partial charge in [0.15, 0.2) is 0 Å². The van der Waals surface area contributed by atoms with E-state index in [2.05, 4.69) is 26.6 Å². The van der Waals surface area contributed by atoms with Crippen LogP contribution in [0.15, 0.2) is 0 Å². The molecule has 18 nitrogen and oxygen atoms in total. The maximum Gasteiger partial charge on any atom is 0.320 e. The summed E-state index contributed by atoms with van der Waals surface area (Å²) in [5, 5.41) is 41.2. The number of nitrogens with one attached hydrogen (secondary N) is 5. The van der Waals surface area contributed by atoms with Crippen molar-refractivity contribution in [2.24, 2.45) is 0 Å². The molecule has 0 saturated heterocycles. The molecule has 0 heterocycles. The fraction of sp³-hybridized carbons (Fsp3) is 0.846. The number of amides is 4. The predicted octanol–water partition coefficient (Wildman–Crippen LogP) is 1.66. The highest BCUT2D eigenvalue weighted by Crippen LogP contribution is 2.12. The molecular formula is C39H73N5O13. The molecule has 0 spiro atoms. The molecule has 18 heteroatoms. The van der Waals surface area contributed by atoms with Gasteiger partial charge in [0.2, 0.25) is 23.6 Å². The van der Waals surface area contributed by atoms with E-state index in [1.807, 2.05) is 6.92 Å². The third-order valence-corrected chi connectivity index (χ3v) is 8.69. The third-order valence-electron chi connectivity index (χ3n) is 8.69. The Balaban J connectivity index is 3.59. The fourth-order valence-electron chi connectivity index (χ4n) is 5.54. The lowest BCUT2D eigenvalue weighted by atomic mass is 10.0. The maximum atomic E-state index is 12.3. The minimum Gasteiger partial charge on any atom is -0.481 e. The molecule has 2 atom stereocenters. The third kappa shape index (κ3) is 37.9. The van der Waals surface area contributed by atoms with Gasteiger partial charge in [-0.2, -0.15) is 0 Å². The molecule has 0 unspecified atom stereocenters. The smallest absolute Gasteiger partial charge is 0.320 e. The Hall–Kier alpha value is -3.42. The zero-order chi connectivity index (χ0) is 42.2. The number of aliphatic carboxylic acids is 2. The van der Waals surface area contributed by atoms with E-state index in [1.54, 1.807) is 0 Å². The molecule has 0 aliphatic heterocycles. The van der Waals surface area contributed by atoms with Gasteiger partial charge in [-0.05, 0) is 45.1 Å². The average molecular weight is 820 g/mol. The number of carboxylic acid groups (broad SMARTS) is 2. The molecular weight excluding hydrogens is 746 g/mol. The van der Waals surface area contributed by atoms with Crippen molar-refractivity contribution in [1.29, 1.82) is 0 Å². The summed E-state index contributed by atoms with van der Waals surface area (Å²) in [5.74, 6) is -2.51. The molecule has 0 rings (SSSR count). The van der Waals surface area contributed by atoms with Crippen LogP contribution in [0, 0.1) is 0 Å². The van der Waals surface area contributed by atoms with Crippen molar-refractivity contribution in [2.75, 3.05) is 85.6 Å². The largest absolute Gasteiger partial charge is 0.481 e. The topological polar surface area (TPSA) is 260 Å². The number of aliphatic hydroxyl groups excluding tert-OH is 1. The Bertz CT molecular complexity index is 1070.